The van der Waals surface area contributed by atoms with Crippen LogP contribution in [0.3, 0.4) is 0 Å². The average Bonchev–Trinajstić information content (AvgIpc) is 2.32. The van der Waals surface area contributed by atoms with Crippen molar-refractivity contribution in [1.29, 1.82) is 0 Å². The van der Waals surface area contributed by atoms with Gasteiger partial charge in [-0.15, -0.1) is 0 Å². The highest BCUT2D eigenvalue weighted by Crippen LogP contribution is 2.18. The zero-order valence-electron chi connectivity index (χ0n) is 10.8. The van der Waals surface area contributed by atoms with Gasteiger partial charge in [-0.2, -0.15) is 0 Å². The van der Waals surface area contributed by atoms with E-state index in [9.17, 15) is 4.39 Å². The Balaban J connectivity index is 1.77. The highest BCUT2D eigenvalue weighted by Gasteiger charge is 2.16. The van der Waals surface area contributed by atoms with Gasteiger partial charge in [0.1, 0.15) is 5.82 Å². The minimum Gasteiger partial charge on any atom is -0.312 e. The van der Waals surface area contributed by atoms with Gasteiger partial charge in [-0.3, -0.25) is 0 Å². The molecule has 0 aromatic heterocycles. The molecule has 1 fully saturated rings. The number of piperidine rings is 1. The van der Waals surface area contributed by atoms with Crippen LogP contribution in [0.5, 0.6) is 0 Å². The van der Waals surface area contributed by atoms with Gasteiger partial charge in [-0.05, 0) is 56.6 Å². The summed E-state index contributed by atoms with van der Waals surface area (Å²) < 4.78 is 12.9. The molecule has 1 aromatic rings. The van der Waals surface area contributed by atoms with E-state index in [1.54, 1.807) is 6.07 Å². The van der Waals surface area contributed by atoms with Gasteiger partial charge in [0.15, 0.2) is 0 Å². The molecule has 2 nitrogen and oxygen atoms in total. The highest BCUT2D eigenvalue weighted by molar-refractivity contribution is 6.31. The Labute approximate surface area is 113 Å². The van der Waals surface area contributed by atoms with Crippen molar-refractivity contribution >= 4 is 11.6 Å². The quantitative estimate of drug-likeness (QED) is 0.905. The summed E-state index contributed by atoms with van der Waals surface area (Å²) in [4.78, 5) is 2.38. The third kappa shape index (κ3) is 3.94. The number of halogens is 2. The molecule has 1 N–H and O–H groups in total. The first-order valence-electron chi connectivity index (χ1n) is 6.48. The van der Waals surface area contributed by atoms with Gasteiger partial charge in [0.25, 0.3) is 0 Å². The van der Waals surface area contributed by atoms with Crippen molar-refractivity contribution in [3.8, 4) is 0 Å². The molecule has 0 amide bonds. The van der Waals surface area contributed by atoms with Crippen molar-refractivity contribution in [2.24, 2.45) is 5.92 Å². The predicted octanol–water partition coefficient (Wildman–Crippen LogP) is 2.91. The van der Waals surface area contributed by atoms with E-state index in [1.807, 2.05) is 0 Å². The second-order valence-electron chi connectivity index (χ2n) is 5.14. The lowest BCUT2D eigenvalue weighted by atomic mass is 9.98. The van der Waals surface area contributed by atoms with E-state index in [0.717, 1.165) is 18.7 Å². The predicted molar refractivity (Wildman–Crippen MR) is 73.3 cm³/mol. The third-order valence-electron chi connectivity index (χ3n) is 3.49. The molecule has 1 aliphatic rings. The summed E-state index contributed by atoms with van der Waals surface area (Å²) in [6.45, 7) is 4.07. The first-order chi connectivity index (χ1) is 8.65. The Morgan fingerprint density at radius 2 is 2.33 bits per heavy atom. The second kappa shape index (κ2) is 6.50. The first-order valence-corrected chi connectivity index (χ1v) is 6.86. The summed E-state index contributed by atoms with van der Waals surface area (Å²) in [6.07, 6.45) is 2.56. The Kier molecular flexibility index (Phi) is 4.98. The van der Waals surface area contributed by atoms with Crippen LogP contribution < -0.4 is 5.32 Å². The molecular formula is C14H20ClFN2. The van der Waals surface area contributed by atoms with Gasteiger partial charge in [0, 0.05) is 18.1 Å². The topological polar surface area (TPSA) is 15.3 Å². The Morgan fingerprint density at radius 1 is 1.50 bits per heavy atom. The number of benzene rings is 1. The number of rotatable bonds is 4. The molecule has 4 heteroatoms. The molecule has 18 heavy (non-hydrogen) atoms. The Morgan fingerprint density at radius 3 is 3.06 bits per heavy atom. The van der Waals surface area contributed by atoms with Crippen LogP contribution in [-0.4, -0.2) is 31.6 Å². The summed E-state index contributed by atoms with van der Waals surface area (Å²) >= 11 is 5.99. The molecule has 1 aliphatic heterocycles. The molecule has 1 atom stereocenters. The lowest BCUT2D eigenvalue weighted by Gasteiger charge is -2.29. The minimum atomic E-state index is -0.280. The zero-order chi connectivity index (χ0) is 13.0. The molecule has 1 heterocycles. The van der Waals surface area contributed by atoms with Crippen molar-refractivity contribution in [2.75, 3.05) is 26.7 Å². The molecule has 100 valence electrons. The number of nitrogens with one attached hydrogen (secondary N) is 1. The van der Waals surface area contributed by atoms with E-state index in [0.29, 0.717) is 17.5 Å². The number of hydrogen-bond acceptors (Lipinski definition) is 2. The SMILES string of the molecule is CN1CCCC(CNCc2ccc(F)cc2Cl)C1. The molecule has 0 saturated carbocycles. The third-order valence-corrected chi connectivity index (χ3v) is 3.84. The minimum absolute atomic E-state index is 0.280. The monoisotopic (exact) mass is 270 g/mol. The van der Waals surface area contributed by atoms with Gasteiger partial charge in [0.05, 0.1) is 0 Å². The fraction of sp³-hybridized carbons (Fsp3) is 0.571. The van der Waals surface area contributed by atoms with Crippen LogP contribution >= 0.6 is 11.6 Å². The molecule has 0 radical (unpaired) electrons. The molecule has 1 saturated heterocycles. The Hall–Kier alpha value is -0.640. The van der Waals surface area contributed by atoms with Crippen LogP contribution in [0.15, 0.2) is 18.2 Å². The summed E-state index contributed by atoms with van der Waals surface area (Å²) in [5.41, 5.74) is 0.960. The van der Waals surface area contributed by atoms with Crippen LogP contribution in [0.2, 0.25) is 5.02 Å². The smallest absolute Gasteiger partial charge is 0.124 e. The van der Waals surface area contributed by atoms with E-state index in [2.05, 4.69) is 17.3 Å². The van der Waals surface area contributed by atoms with Crippen molar-refractivity contribution in [3.63, 3.8) is 0 Å². The largest absolute Gasteiger partial charge is 0.312 e. The maximum Gasteiger partial charge on any atom is 0.124 e. The molecule has 0 bridgehead atoms. The summed E-state index contributed by atoms with van der Waals surface area (Å²) in [5.74, 6) is 0.431. The van der Waals surface area contributed by atoms with Crippen LogP contribution in [0.1, 0.15) is 18.4 Å². The van der Waals surface area contributed by atoms with Crippen LogP contribution in [0, 0.1) is 11.7 Å². The van der Waals surface area contributed by atoms with E-state index in [1.165, 1.54) is 31.5 Å². The lowest BCUT2D eigenvalue weighted by molar-refractivity contribution is 0.206. The molecule has 1 unspecified atom stereocenters. The van der Waals surface area contributed by atoms with E-state index in [4.69, 9.17) is 11.6 Å². The zero-order valence-corrected chi connectivity index (χ0v) is 11.5. The van der Waals surface area contributed by atoms with Gasteiger partial charge in [-0.1, -0.05) is 17.7 Å². The van der Waals surface area contributed by atoms with Crippen LogP contribution in [-0.2, 0) is 6.54 Å². The first kappa shape index (κ1) is 13.8. The fourth-order valence-electron chi connectivity index (χ4n) is 2.52. The van der Waals surface area contributed by atoms with Crippen LogP contribution in [0.4, 0.5) is 4.39 Å². The molecule has 2 rings (SSSR count). The molecule has 1 aromatic carbocycles. The number of nitrogens with zero attached hydrogens (tertiary/aromatic N) is 1. The van der Waals surface area contributed by atoms with Gasteiger partial charge >= 0.3 is 0 Å². The summed E-state index contributed by atoms with van der Waals surface area (Å²) in [5, 5.41) is 3.92. The van der Waals surface area contributed by atoms with Crippen molar-refractivity contribution in [1.82, 2.24) is 10.2 Å². The van der Waals surface area contributed by atoms with E-state index >= 15 is 0 Å². The normalized spacial score (nSPS) is 21.2. The fourth-order valence-corrected chi connectivity index (χ4v) is 2.75. The van der Waals surface area contributed by atoms with E-state index < -0.39 is 0 Å². The molecule has 0 spiro atoms. The number of hydrogen-bond donors (Lipinski definition) is 1. The number of likely N-dealkylation sites (tertiary alicyclic amines) is 1. The molecular weight excluding hydrogens is 251 g/mol. The van der Waals surface area contributed by atoms with E-state index in [-0.39, 0.29) is 5.82 Å². The van der Waals surface area contributed by atoms with Crippen molar-refractivity contribution in [3.05, 3.63) is 34.6 Å². The van der Waals surface area contributed by atoms with Gasteiger partial charge < -0.3 is 10.2 Å². The highest BCUT2D eigenvalue weighted by atomic mass is 35.5. The lowest BCUT2D eigenvalue weighted by Crippen LogP contribution is -2.37. The summed E-state index contributed by atoms with van der Waals surface area (Å²) in [7, 11) is 2.17. The average molecular weight is 271 g/mol. The molecule has 0 aliphatic carbocycles. The summed E-state index contributed by atoms with van der Waals surface area (Å²) in [6, 6.07) is 4.57. The maximum absolute atomic E-state index is 12.9. The Bertz CT molecular complexity index is 397. The second-order valence-corrected chi connectivity index (χ2v) is 5.54. The van der Waals surface area contributed by atoms with Crippen molar-refractivity contribution < 1.29 is 4.39 Å². The van der Waals surface area contributed by atoms with Crippen LogP contribution in [0.25, 0.3) is 0 Å². The van der Waals surface area contributed by atoms with Gasteiger partial charge in [0.2, 0.25) is 0 Å². The maximum atomic E-state index is 12.9. The van der Waals surface area contributed by atoms with Gasteiger partial charge in [-0.25, -0.2) is 4.39 Å². The van der Waals surface area contributed by atoms with Crippen molar-refractivity contribution in [2.45, 2.75) is 19.4 Å². The standard InChI is InChI=1S/C14H20ClFN2/c1-18-6-2-3-11(10-18)8-17-9-12-4-5-13(16)7-14(12)15/h4-5,7,11,17H,2-3,6,8-10H2,1H3.